The van der Waals surface area contributed by atoms with Crippen LogP contribution in [0.1, 0.15) is 0 Å². The fourth-order valence-electron chi connectivity index (χ4n) is 0.976. The SMILES string of the molecule is C=Cn1cc[n+](C(F)(F)C(F)(F)C(F)(F)F)c1. The van der Waals surface area contributed by atoms with Crippen molar-refractivity contribution < 1.29 is 35.3 Å². The first-order valence-corrected chi connectivity index (χ1v) is 4.08. The molecule has 0 amide bonds. The van der Waals surface area contributed by atoms with E-state index in [2.05, 4.69) is 6.58 Å². The normalized spacial score (nSPS) is 13.8. The van der Waals surface area contributed by atoms with Gasteiger partial charge in [-0.3, -0.25) is 0 Å². The number of hydrogen-bond acceptors (Lipinski definition) is 0. The van der Waals surface area contributed by atoms with Crippen LogP contribution in [0.5, 0.6) is 0 Å². The summed E-state index contributed by atoms with van der Waals surface area (Å²) in [4.78, 5) is 0. The summed E-state index contributed by atoms with van der Waals surface area (Å²) < 4.78 is 87.0. The van der Waals surface area contributed by atoms with Crippen molar-refractivity contribution in [2.24, 2.45) is 0 Å². The number of nitrogens with zero attached hydrogens (tertiary/aromatic N) is 2. The Morgan fingerprint density at radius 3 is 1.94 bits per heavy atom. The van der Waals surface area contributed by atoms with Crippen LogP contribution < -0.4 is 4.57 Å². The highest BCUT2D eigenvalue weighted by atomic mass is 19.4. The van der Waals surface area contributed by atoms with Gasteiger partial charge in [0, 0.05) is 0 Å². The fourth-order valence-corrected chi connectivity index (χ4v) is 0.976. The third kappa shape index (κ3) is 2.01. The van der Waals surface area contributed by atoms with Crippen LogP contribution in [-0.2, 0) is 6.05 Å². The molecule has 1 rings (SSSR count). The Balaban J connectivity index is 3.22. The molecule has 0 saturated heterocycles. The molecular weight excluding hydrogens is 257 g/mol. The zero-order valence-corrected chi connectivity index (χ0v) is 8.06. The van der Waals surface area contributed by atoms with Crippen LogP contribution in [0.15, 0.2) is 25.3 Å². The van der Waals surface area contributed by atoms with E-state index in [1.165, 1.54) is 0 Å². The molecule has 17 heavy (non-hydrogen) atoms. The molecule has 0 fully saturated rings. The van der Waals surface area contributed by atoms with Gasteiger partial charge in [-0.2, -0.15) is 35.3 Å². The first-order valence-electron chi connectivity index (χ1n) is 4.08. The lowest BCUT2D eigenvalue weighted by Gasteiger charge is -2.24. The molecule has 9 heteroatoms. The van der Waals surface area contributed by atoms with Crippen LogP contribution in [0.3, 0.4) is 0 Å². The Bertz CT molecular complexity index is 418. The Kier molecular flexibility index (Phi) is 2.98. The summed E-state index contributed by atoms with van der Waals surface area (Å²) in [7, 11) is 0. The number of imidazole rings is 1. The minimum absolute atomic E-state index is 0.368. The predicted octanol–water partition coefficient (Wildman–Crippen LogP) is 2.62. The summed E-state index contributed by atoms with van der Waals surface area (Å²) in [5, 5.41) is 0. The van der Waals surface area contributed by atoms with Crippen molar-refractivity contribution in [3.8, 4) is 0 Å². The molecule has 0 unspecified atom stereocenters. The van der Waals surface area contributed by atoms with Gasteiger partial charge in [-0.1, -0.05) is 6.58 Å². The van der Waals surface area contributed by atoms with E-state index in [1.54, 1.807) is 0 Å². The molecule has 1 heterocycles. The highest BCUT2D eigenvalue weighted by Gasteiger charge is 2.77. The van der Waals surface area contributed by atoms with Gasteiger partial charge in [0.2, 0.25) is 0 Å². The number of rotatable bonds is 3. The molecule has 0 radical (unpaired) electrons. The average molecular weight is 263 g/mol. The summed E-state index contributed by atoms with van der Waals surface area (Å²) in [5.74, 6) is -6.17. The zero-order chi connectivity index (χ0) is 13.5. The summed E-state index contributed by atoms with van der Waals surface area (Å²) in [6.45, 7) is 3.13. The lowest BCUT2D eigenvalue weighted by molar-refractivity contribution is -0.849. The number of hydrogen-bond donors (Lipinski definition) is 0. The summed E-state index contributed by atoms with van der Waals surface area (Å²) in [5.41, 5.74) is 0. The molecule has 0 aliphatic rings. The van der Waals surface area contributed by atoms with E-state index >= 15 is 0 Å². The topological polar surface area (TPSA) is 8.81 Å². The van der Waals surface area contributed by atoms with Crippen LogP contribution in [0.25, 0.3) is 6.20 Å². The van der Waals surface area contributed by atoms with Crippen molar-refractivity contribution in [1.29, 1.82) is 0 Å². The second-order valence-corrected chi connectivity index (χ2v) is 3.06. The van der Waals surface area contributed by atoms with E-state index in [1.807, 2.05) is 0 Å². The molecule has 96 valence electrons. The Hall–Kier alpha value is -1.54. The van der Waals surface area contributed by atoms with Gasteiger partial charge in [0.1, 0.15) is 12.4 Å². The van der Waals surface area contributed by atoms with Gasteiger partial charge < -0.3 is 0 Å². The molecule has 0 aromatic carbocycles. The quantitative estimate of drug-likeness (QED) is 0.585. The van der Waals surface area contributed by atoms with Gasteiger partial charge in [0.15, 0.2) is 0 Å². The minimum Gasteiger partial charge on any atom is -0.210 e. The maximum Gasteiger partial charge on any atom is 0.472 e. The highest BCUT2D eigenvalue weighted by Crippen LogP contribution is 2.46. The maximum atomic E-state index is 13.0. The van der Waals surface area contributed by atoms with E-state index in [9.17, 15) is 30.7 Å². The lowest BCUT2D eigenvalue weighted by atomic mass is 10.2. The van der Waals surface area contributed by atoms with Gasteiger partial charge in [-0.15, -0.1) is 0 Å². The second kappa shape index (κ2) is 3.74. The van der Waals surface area contributed by atoms with E-state index in [4.69, 9.17) is 0 Å². The van der Waals surface area contributed by atoms with Crippen molar-refractivity contribution in [2.75, 3.05) is 0 Å². The van der Waals surface area contributed by atoms with Crippen molar-refractivity contribution in [2.45, 2.75) is 18.1 Å². The smallest absolute Gasteiger partial charge is 0.210 e. The van der Waals surface area contributed by atoms with Crippen LogP contribution in [-0.4, -0.2) is 16.7 Å². The van der Waals surface area contributed by atoms with Gasteiger partial charge in [-0.25, -0.2) is 4.57 Å². The molecule has 0 atom stereocenters. The van der Waals surface area contributed by atoms with Crippen LogP contribution in [0.4, 0.5) is 30.7 Å². The molecule has 0 bridgehead atoms. The van der Waals surface area contributed by atoms with Crippen molar-refractivity contribution >= 4 is 6.20 Å². The van der Waals surface area contributed by atoms with Gasteiger partial charge >= 0.3 is 18.1 Å². The van der Waals surface area contributed by atoms with Crippen molar-refractivity contribution in [1.82, 2.24) is 4.57 Å². The van der Waals surface area contributed by atoms with Crippen LogP contribution in [0.2, 0.25) is 0 Å². The standard InChI is InChI=1S/C8H6F7N2/c1-2-16-3-4-17(5-16)8(14,15)6(9,10)7(11,12)13/h2-5H,1H2/q+1. The monoisotopic (exact) mass is 263 g/mol. The minimum atomic E-state index is -6.35. The second-order valence-electron chi connectivity index (χ2n) is 3.06. The largest absolute Gasteiger partial charge is 0.472 e. The Morgan fingerprint density at radius 2 is 1.59 bits per heavy atom. The molecule has 0 aliphatic heterocycles. The molecule has 0 N–H and O–H groups in total. The van der Waals surface area contributed by atoms with Gasteiger partial charge in [0.05, 0.1) is 6.20 Å². The lowest BCUT2D eigenvalue weighted by Crippen LogP contribution is -2.64. The molecule has 0 spiro atoms. The van der Waals surface area contributed by atoms with Gasteiger partial charge in [0.25, 0.3) is 6.33 Å². The first-order chi connectivity index (χ1) is 7.54. The summed E-state index contributed by atoms with van der Waals surface area (Å²) in [6, 6.07) is -5.42. The molecule has 2 nitrogen and oxygen atoms in total. The molecule has 0 saturated carbocycles. The Morgan fingerprint density at radius 1 is 1.06 bits per heavy atom. The molecular formula is C8H6F7N2+. The van der Waals surface area contributed by atoms with Crippen LogP contribution in [0, 0.1) is 0 Å². The van der Waals surface area contributed by atoms with Crippen molar-refractivity contribution in [3.63, 3.8) is 0 Å². The van der Waals surface area contributed by atoms with Crippen LogP contribution >= 0.6 is 0 Å². The third-order valence-electron chi connectivity index (χ3n) is 1.93. The van der Waals surface area contributed by atoms with Gasteiger partial charge in [-0.05, 0) is 0 Å². The zero-order valence-electron chi connectivity index (χ0n) is 8.06. The maximum absolute atomic E-state index is 13.0. The first kappa shape index (κ1) is 13.5. The predicted molar refractivity (Wildman–Crippen MR) is 42.2 cm³/mol. The molecule has 1 aromatic heterocycles. The summed E-state index contributed by atoms with van der Waals surface area (Å²) in [6.07, 6.45) is -3.78. The van der Waals surface area contributed by atoms with E-state index < -0.39 is 22.7 Å². The third-order valence-corrected chi connectivity index (χ3v) is 1.93. The molecule has 1 aromatic rings. The van der Waals surface area contributed by atoms with Crippen molar-refractivity contribution in [3.05, 3.63) is 25.3 Å². The summed E-state index contributed by atoms with van der Waals surface area (Å²) >= 11 is 0. The fraction of sp³-hybridized carbons (Fsp3) is 0.375. The number of aromatic nitrogens is 2. The van der Waals surface area contributed by atoms with E-state index in [0.29, 0.717) is 12.5 Å². The van der Waals surface area contributed by atoms with E-state index in [0.717, 1.165) is 17.0 Å². The highest BCUT2D eigenvalue weighted by molar-refractivity contribution is 5.13. The molecule has 0 aliphatic carbocycles. The Labute approximate surface area is 90.6 Å². The number of alkyl halides is 7. The average Bonchev–Trinajstić information content (AvgIpc) is 2.64. The number of halogens is 7. The van der Waals surface area contributed by atoms with E-state index in [-0.39, 0.29) is 0 Å².